The molecule has 0 amide bonds. The number of rotatable bonds is 0. The summed E-state index contributed by atoms with van der Waals surface area (Å²) >= 11 is 0. The molecule has 0 aliphatic heterocycles. The third-order valence-electron chi connectivity index (χ3n) is 2.06. The van der Waals surface area contributed by atoms with Gasteiger partial charge in [0.05, 0.1) is 18.1 Å². The minimum atomic E-state index is -0.358. The Morgan fingerprint density at radius 3 is 2.71 bits per heavy atom. The maximum absolute atomic E-state index is 12.8. The Bertz CT molecular complexity index is 468. The van der Waals surface area contributed by atoms with Crippen molar-refractivity contribution in [3.63, 3.8) is 0 Å². The maximum atomic E-state index is 12.8. The first kappa shape index (κ1) is 9.12. The Morgan fingerprint density at radius 1 is 1.36 bits per heavy atom. The van der Waals surface area contributed by atoms with Gasteiger partial charge in [0.1, 0.15) is 5.82 Å². The molecule has 0 aliphatic rings. The van der Waals surface area contributed by atoms with Gasteiger partial charge in [-0.25, -0.2) is 13.9 Å². The van der Waals surface area contributed by atoms with Crippen molar-refractivity contribution < 1.29 is 4.39 Å². The van der Waals surface area contributed by atoms with E-state index in [1.165, 1.54) is 12.3 Å². The fraction of sp³-hybridized carbons (Fsp3) is 0.400. The van der Waals surface area contributed by atoms with Crippen LogP contribution in [-0.4, -0.2) is 14.6 Å². The summed E-state index contributed by atoms with van der Waals surface area (Å²) in [7, 11) is 0. The molecule has 0 aliphatic carbocycles. The number of aromatic nitrogens is 3. The van der Waals surface area contributed by atoms with Crippen molar-refractivity contribution in [3.8, 4) is 0 Å². The first-order valence-electron chi connectivity index (χ1n) is 4.48. The molecular formula is C10H12FN3. The van der Waals surface area contributed by atoms with Gasteiger partial charge in [0, 0.05) is 11.5 Å². The summed E-state index contributed by atoms with van der Waals surface area (Å²) in [5.74, 6) is -0.358. The fourth-order valence-electron chi connectivity index (χ4n) is 1.22. The van der Waals surface area contributed by atoms with Crippen LogP contribution in [0.3, 0.4) is 0 Å². The smallest absolute Gasteiger partial charge is 0.156 e. The molecule has 0 spiro atoms. The van der Waals surface area contributed by atoms with Crippen LogP contribution in [-0.2, 0) is 5.41 Å². The molecule has 0 N–H and O–H groups in total. The Labute approximate surface area is 81.6 Å². The van der Waals surface area contributed by atoms with E-state index in [1.54, 1.807) is 4.52 Å². The maximum Gasteiger partial charge on any atom is 0.156 e. The third kappa shape index (κ3) is 1.47. The van der Waals surface area contributed by atoms with Crippen LogP contribution in [0.5, 0.6) is 0 Å². The van der Waals surface area contributed by atoms with Crippen molar-refractivity contribution in [3.05, 3.63) is 30.0 Å². The van der Waals surface area contributed by atoms with Crippen LogP contribution in [0, 0.1) is 5.82 Å². The summed E-state index contributed by atoms with van der Waals surface area (Å²) in [5.41, 5.74) is 1.43. The summed E-state index contributed by atoms with van der Waals surface area (Å²) in [5, 5.41) is 3.89. The second-order valence-electron chi connectivity index (χ2n) is 4.35. The quantitative estimate of drug-likeness (QED) is 0.641. The van der Waals surface area contributed by atoms with Gasteiger partial charge < -0.3 is 0 Å². The van der Waals surface area contributed by atoms with Crippen molar-refractivity contribution in [1.82, 2.24) is 14.6 Å². The van der Waals surface area contributed by atoms with Crippen LogP contribution in [0.4, 0.5) is 4.39 Å². The number of halogens is 1. The Hall–Kier alpha value is -1.45. The highest BCUT2D eigenvalue weighted by molar-refractivity contribution is 5.39. The van der Waals surface area contributed by atoms with Crippen LogP contribution < -0.4 is 0 Å². The van der Waals surface area contributed by atoms with Gasteiger partial charge in [-0.15, -0.1) is 0 Å². The van der Waals surface area contributed by atoms with Gasteiger partial charge in [0.25, 0.3) is 0 Å². The van der Waals surface area contributed by atoms with E-state index in [2.05, 4.69) is 30.9 Å². The average Bonchev–Trinajstić information content (AvgIpc) is 2.45. The standard InChI is InChI=1S/C10H12FN3/c1-10(2,3)8-6-14-9(13-8)4-7(11)5-12-14/h4-6H,1-3H3. The van der Waals surface area contributed by atoms with Gasteiger partial charge in [-0.2, -0.15) is 5.10 Å². The first-order valence-corrected chi connectivity index (χ1v) is 4.48. The predicted octanol–water partition coefficient (Wildman–Crippen LogP) is 2.17. The lowest BCUT2D eigenvalue weighted by Crippen LogP contribution is -2.11. The van der Waals surface area contributed by atoms with Gasteiger partial charge in [-0.3, -0.25) is 0 Å². The molecule has 2 aromatic heterocycles. The Kier molecular flexibility index (Phi) is 1.80. The zero-order chi connectivity index (χ0) is 10.3. The zero-order valence-electron chi connectivity index (χ0n) is 8.45. The topological polar surface area (TPSA) is 30.2 Å². The summed E-state index contributed by atoms with van der Waals surface area (Å²) in [6, 6.07) is 1.38. The van der Waals surface area contributed by atoms with Gasteiger partial charge >= 0.3 is 0 Å². The summed E-state index contributed by atoms with van der Waals surface area (Å²) in [6.45, 7) is 6.18. The third-order valence-corrected chi connectivity index (χ3v) is 2.06. The van der Waals surface area contributed by atoms with E-state index in [0.29, 0.717) is 5.65 Å². The SMILES string of the molecule is CC(C)(C)c1cn2ncc(F)cc2n1. The van der Waals surface area contributed by atoms with Gasteiger partial charge in [-0.05, 0) is 0 Å². The van der Waals surface area contributed by atoms with E-state index in [4.69, 9.17) is 0 Å². The van der Waals surface area contributed by atoms with E-state index in [0.717, 1.165) is 5.69 Å². The van der Waals surface area contributed by atoms with Crippen LogP contribution in [0.2, 0.25) is 0 Å². The minimum absolute atomic E-state index is 0.0375. The monoisotopic (exact) mass is 193 g/mol. The molecule has 0 radical (unpaired) electrons. The molecule has 0 atom stereocenters. The molecule has 0 saturated heterocycles. The van der Waals surface area contributed by atoms with Crippen molar-refractivity contribution in [2.75, 3.05) is 0 Å². The van der Waals surface area contributed by atoms with Crippen molar-refractivity contribution in [2.45, 2.75) is 26.2 Å². The number of hydrogen-bond acceptors (Lipinski definition) is 2. The van der Waals surface area contributed by atoms with Crippen molar-refractivity contribution >= 4 is 5.65 Å². The Balaban J connectivity index is 2.63. The highest BCUT2D eigenvalue weighted by atomic mass is 19.1. The first-order chi connectivity index (χ1) is 6.47. The van der Waals surface area contributed by atoms with Crippen molar-refractivity contribution in [2.24, 2.45) is 0 Å². The number of fused-ring (bicyclic) bond motifs is 1. The lowest BCUT2D eigenvalue weighted by molar-refractivity contribution is 0.572. The molecule has 4 heteroatoms. The van der Waals surface area contributed by atoms with E-state index >= 15 is 0 Å². The van der Waals surface area contributed by atoms with E-state index in [9.17, 15) is 4.39 Å². The van der Waals surface area contributed by atoms with Crippen LogP contribution in [0.15, 0.2) is 18.5 Å². The van der Waals surface area contributed by atoms with Crippen LogP contribution in [0.25, 0.3) is 5.65 Å². The minimum Gasteiger partial charge on any atom is -0.231 e. The molecular weight excluding hydrogens is 181 g/mol. The van der Waals surface area contributed by atoms with Gasteiger partial charge in [-0.1, -0.05) is 20.8 Å². The molecule has 2 heterocycles. The zero-order valence-corrected chi connectivity index (χ0v) is 8.45. The second kappa shape index (κ2) is 2.77. The molecule has 2 aromatic rings. The number of imidazole rings is 1. The molecule has 0 bridgehead atoms. The molecule has 0 fully saturated rings. The average molecular weight is 193 g/mol. The number of hydrogen-bond donors (Lipinski definition) is 0. The predicted molar refractivity (Wildman–Crippen MR) is 51.6 cm³/mol. The molecule has 0 aromatic carbocycles. The summed E-state index contributed by atoms with van der Waals surface area (Å²) in [4.78, 5) is 4.31. The van der Waals surface area contributed by atoms with Gasteiger partial charge in [0.2, 0.25) is 0 Å². The molecule has 2 rings (SSSR count). The molecule has 3 nitrogen and oxygen atoms in total. The Morgan fingerprint density at radius 2 is 2.07 bits per heavy atom. The normalized spacial score (nSPS) is 12.3. The fourth-order valence-corrected chi connectivity index (χ4v) is 1.22. The molecule has 0 saturated carbocycles. The van der Waals surface area contributed by atoms with E-state index in [1.807, 2.05) is 6.20 Å². The van der Waals surface area contributed by atoms with Crippen molar-refractivity contribution in [1.29, 1.82) is 0 Å². The highest BCUT2D eigenvalue weighted by Crippen LogP contribution is 2.20. The number of nitrogens with zero attached hydrogens (tertiary/aromatic N) is 3. The largest absolute Gasteiger partial charge is 0.231 e. The molecule has 14 heavy (non-hydrogen) atoms. The summed E-state index contributed by atoms with van der Waals surface area (Å²) in [6.07, 6.45) is 3.01. The van der Waals surface area contributed by atoms with E-state index < -0.39 is 0 Å². The lowest BCUT2D eigenvalue weighted by Gasteiger charge is -2.13. The molecule has 74 valence electrons. The van der Waals surface area contributed by atoms with Gasteiger partial charge in [0.15, 0.2) is 5.65 Å². The van der Waals surface area contributed by atoms with Crippen LogP contribution >= 0.6 is 0 Å². The van der Waals surface area contributed by atoms with Crippen LogP contribution in [0.1, 0.15) is 26.5 Å². The van der Waals surface area contributed by atoms with E-state index in [-0.39, 0.29) is 11.2 Å². The lowest BCUT2D eigenvalue weighted by atomic mass is 9.93. The second-order valence-corrected chi connectivity index (χ2v) is 4.35. The summed E-state index contributed by atoms with van der Waals surface area (Å²) < 4.78 is 14.4. The molecule has 0 unspecified atom stereocenters. The highest BCUT2D eigenvalue weighted by Gasteiger charge is 2.17.